The molecule has 1 N–H and O–H groups in total. The van der Waals surface area contributed by atoms with Gasteiger partial charge in [-0.3, -0.25) is 4.98 Å². The zero-order chi connectivity index (χ0) is 17.4. The summed E-state index contributed by atoms with van der Waals surface area (Å²) in [6.45, 7) is 2.88. The van der Waals surface area contributed by atoms with Crippen LogP contribution in [0.15, 0.2) is 24.5 Å². The quantitative estimate of drug-likeness (QED) is 0.648. The Balaban J connectivity index is 0.00000312. The number of ether oxygens (including phenoxy) is 2. The van der Waals surface area contributed by atoms with Crippen molar-refractivity contribution in [3.63, 3.8) is 0 Å². The van der Waals surface area contributed by atoms with Crippen molar-refractivity contribution in [2.75, 3.05) is 60.2 Å². The molecule has 0 spiro atoms. The van der Waals surface area contributed by atoms with Gasteiger partial charge in [-0.05, 0) is 11.6 Å². The van der Waals surface area contributed by atoms with E-state index >= 15 is 0 Å². The molecule has 0 amide bonds. The average Bonchev–Trinajstić information content (AvgIpc) is 2.62. The lowest BCUT2D eigenvalue weighted by molar-refractivity contribution is 0.143. The Morgan fingerprint density at radius 3 is 2.56 bits per heavy atom. The Hall–Kier alpha value is -0.810. The second-order valence-electron chi connectivity index (χ2n) is 5.51. The Morgan fingerprint density at radius 1 is 1.32 bits per heavy atom. The normalized spacial score (nSPS) is 18.9. The van der Waals surface area contributed by atoms with Gasteiger partial charge >= 0.3 is 0 Å². The molecule has 1 aliphatic rings. The Bertz CT molecular complexity index is 582. The van der Waals surface area contributed by atoms with Gasteiger partial charge in [0.05, 0.1) is 19.3 Å². The van der Waals surface area contributed by atoms with Crippen LogP contribution in [-0.2, 0) is 19.7 Å². The fourth-order valence-corrected chi connectivity index (χ4v) is 4.44. The summed E-state index contributed by atoms with van der Waals surface area (Å²) in [6.07, 6.45) is 3.40. The van der Waals surface area contributed by atoms with Gasteiger partial charge in [0, 0.05) is 59.3 Å². The van der Waals surface area contributed by atoms with E-state index in [-0.39, 0.29) is 18.4 Å². The lowest BCUT2D eigenvalue weighted by atomic mass is 10.1. The molecule has 1 aromatic heterocycles. The van der Waals surface area contributed by atoms with E-state index in [4.69, 9.17) is 9.47 Å². The molecule has 0 saturated carbocycles. The molecular weight excluding hydrogens is 368 g/mol. The summed E-state index contributed by atoms with van der Waals surface area (Å²) in [5.74, 6) is 0. The Labute approximate surface area is 156 Å². The van der Waals surface area contributed by atoms with Crippen molar-refractivity contribution in [2.45, 2.75) is 6.04 Å². The summed E-state index contributed by atoms with van der Waals surface area (Å²) in [4.78, 5) is 4.12. The summed E-state index contributed by atoms with van der Waals surface area (Å²) < 4.78 is 39.4. The second kappa shape index (κ2) is 11.0. The zero-order valence-electron chi connectivity index (χ0n) is 14.6. The summed E-state index contributed by atoms with van der Waals surface area (Å²) >= 11 is 0. The molecule has 0 bridgehead atoms. The summed E-state index contributed by atoms with van der Waals surface area (Å²) in [7, 11) is -0.507. The van der Waals surface area contributed by atoms with E-state index in [0.29, 0.717) is 45.9 Å². The lowest BCUT2D eigenvalue weighted by Crippen LogP contribution is -2.54. The van der Waals surface area contributed by atoms with Gasteiger partial charge in [-0.2, -0.15) is 17.0 Å². The largest absolute Gasteiger partial charge is 0.383 e. The summed E-state index contributed by atoms with van der Waals surface area (Å²) in [5, 5.41) is 3.26. The number of piperazine rings is 1. The maximum absolute atomic E-state index is 13.2. The number of nitrogens with zero attached hydrogens (tertiary/aromatic N) is 3. The average molecular weight is 395 g/mol. The SMILES string of the molecule is COCCN(CCOC)S(=O)(=O)N1CCNCC1c1cccnc1.Cl. The van der Waals surface area contributed by atoms with Crippen LogP contribution in [0.4, 0.5) is 0 Å². The second-order valence-corrected chi connectivity index (χ2v) is 7.39. The smallest absolute Gasteiger partial charge is 0.282 e. The molecule has 25 heavy (non-hydrogen) atoms. The van der Waals surface area contributed by atoms with Gasteiger partial charge in [-0.25, -0.2) is 0 Å². The number of nitrogens with one attached hydrogen (secondary N) is 1. The highest BCUT2D eigenvalue weighted by atomic mass is 35.5. The molecule has 1 aromatic rings. The van der Waals surface area contributed by atoms with E-state index in [1.807, 2.05) is 12.1 Å². The van der Waals surface area contributed by atoms with E-state index < -0.39 is 10.2 Å². The molecule has 1 atom stereocenters. The number of aromatic nitrogens is 1. The minimum atomic E-state index is -3.63. The van der Waals surface area contributed by atoms with Gasteiger partial charge in [0.2, 0.25) is 0 Å². The zero-order valence-corrected chi connectivity index (χ0v) is 16.3. The predicted molar refractivity (Wildman–Crippen MR) is 98.0 cm³/mol. The van der Waals surface area contributed by atoms with Crippen LogP contribution in [0.3, 0.4) is 0 Å². The van der Waals surface area contributed by atoms with Gasteiger partial charge in [-0.15, -0.1) is 12.4 Å². The molecule has 10 heteroatoms. The minimum Gasteiger partial charge on any atom is -0.383 e. The standard InChI is InChI=1S/C15H26N4O4S.ClH/c1-22-10-8-18(9-11-23-2)24(20,21)19-7-6-17-13-15(19)14-4-3-5-16-12-14;/h3-5,12,15,17H,6-11,13H2,1-2H3;1H. The molecule has 2 rings (SSSR count). The Kier molecular flexibility index (Phi) is 9.80. The lowest BCUT2D eigenvalue weighted by Gasteiger charge is -2.38. The van der Waals surface area contributed by atoms with Gasteiger partial charge in [0.1, 0.15) is 0 Å². The van der Waals surface area contributed by atoms with Crippen molar-refractivity contribution < 1.29 is 17.9 Å². The minimum absolute atomic E-state index is 0. The van der Waals surface area contributed by atoms with E-state index in [2.05, 4.69) is 10.3 Å². The van der Waals surface area contributed by atoms with E-state index in [1.165, 1.54) is 4.31 Å². The van der Waals surface area contributed by atoms with Crippen molar-refractivity contribution in [1.29, 1.82) is 0 Å². The number of rotatable bonds is 9. The predicted octanol–water partition coefficient (Wildman–Crippen LogP) is 0.289. The van der Waals surface area contributed by atoms with Crippen molar-refractivity contribution >= 4 is 22.6 Å². The molecule has 8 nitrogen and oxygen atoms in total. The molecular formula is C15H27ClN4O4S. The first kappa shape index (κ1) is 22.2. The van der Waals surface area contributed by atoms with Crippen LogP contribution in [0.2, 0.25) is 0 Å². The molecule has 144 valence electrons. The van der Waals surface area contributed by atoms with Crippen LogP contribution < -0.4 is 5.32 Å². The van der Waals surface area contributed by atoms with Crippen LogP contribution >= 0.6 is 12.4 Å². The first-order chi connectivity index (χ1) is 11.6. The summed E-state index contributed by atoms with van der Waals surface area (Å²) in [5.41, 5.74) is 0.881. The molecule has 0 aliphatic carbocycles. The number of methoxy groups -OCH3 is 2. The van der Waals surface area contributed by atoms with Crippen molar-refractivity contribution in [3.05, 3.63) is 30.1 Å². The van der Waals surface area contributed by atoms with Crippen LogP contribution in [0.25, 0.3) is 0 Å². The first-order valence-electron chi connectivity index (χ1n) is 7.96. The number of hydrogen-bond donors (Lipinski definition) is 1. The monoisotopic (exact) mass is 394 g/mol. The summed E-state index contributed by atoms with van der Waals surface area (Å²) in [6, 6.07) is 3.45. The van der Waals surface area contributed by atoms with Crippen LogP contribution in [0.5, 0.6) is 0 Å². The molecule has 1 unspecified atom stereocenters. The van der Waals surface area contributed by atoms with Crippen LogP contribution in [0, 0.1) is 0 Å². The third-order valence-corrected chi connectivity index (χ3v) is 6.02. The third-order valence-electron chi connectivity index (χ3n) is 3.98. The van der Waals surface area contributed by atoms with E-state index in [9.17, 15) is 8.42 Å². The highest BCUT2D eigenvalue weighted by Crippen LogP contribution is 2.26. The molecule has 1 aliphatic heterocycles. The van der Waals surface area contributed by atoms with Gasteiger partial charge in [-0.1, -0.05) is 6.07 Å². The van der Waals surface area contributed by atoms with Gasteiger partial charge < -0.3 is 14.8 Å². The third kappa shape index (κ3) is 5.85. The number of hydrogen-bond acceptors (Lipinski definition) is 6. The molecule has 0 aromatic carbocycles. The van der Waals surface area contributed by atoms with E-state index in [1.54, 1.807) is 30.9 Å². The molecule has 0 radical (unpaired) electrons. The molecule has 1 fully saturated rings. The molecule has 2 heterocycles. The van der Waals surface area contributed by atoms with Gasteiger partial charge in [0.15, 0.2) is 0 Å². The molecule has 1 saturated heterocycles. The highest BCUT2D eigenvalue weighted by molar-refractivity contribution is 7.86. The van der Waals surface area contributed by atoms with Crippen LogP contribution in [-0.4, -0.2) is 82.2 Å². The first-order valence-corrected chi connectivity index (χ1v) is 9.36. The van der Waals surface area contributed by atoms with Crippen molar-refractivity contribution in [1.82, 2.24) is 18.9 Å². The Morgan fingerprint density at radius 2 is 2.00 bits per heavy atom. The number of halogens is 1. The maximum atomic E-state index is 13.2. The van der Waals surface area contributed by atoms with Crippen molar-refractivity contribution in [3.8, 4) is 0 Å². The van der Waals surface area contributed by atoms with Crippen LogP contribution in [0.1, 0.15) is 11.6 Å². The topological polar surface area (TPSA) is 84.0 Å². The fourth-order valence-electron chi connectivity index (χ4n) is 2.70. The fraction of sp³-hybridized carbons (Fsp3) is 0.667. The number of pyridine rings is 1. The highest BCUT2D eigenvalue weighted by Gasteiger charge is 2.37. The van der Waals surface area contributed by atoms with Crippen molar-refractivity contribution in [2.24, 2.45) is 0 Å². The maximum Gasteiger partial charge on any atom is 0.282 e. The van der Waals surface area contributed by atoms with E-state index in [0.717, 1.165) is 5.56 Å². The van der Waals surface area contributed by atoms with Gasteiger partial charge in [0.25, 0.3) is 10.2 Å².